The first-order chi connectivity index (χ1) is 13.1. The second kappa shape index (κ2) is 6.82. The average Bonchev–Trinajstić information content (AvgIpc) is 3.11. The van der Waals surface area contributed by atoms with Crippen LogP contribution in [0.3, 0.4) is 0 Å². The first-order valence-corrected chi connectivity index (χ1v) is 9.39. The number of nitrogens with zero attached hydrogens (tertiary/aromatic N) is 2. The quantitative estimate of drug-likeness (QED) is 0.538. The molecule has 2 aromatic heterocycles. The zero-order chi connectivity index (χ0) is 19.0. The van der Waals surface area contributed by atoms with Crippen LogP contribution in [-0.2, 0) is 4.79 Å². The fraction of sp³-hybridized carbons (Fsp3) is 0.136. The summed E-state index contributed by atoms with van der Waals surface area (Å²) in [6.45, 7) is 1.89. The van der Waals surface area contributed by atoms with Crippen molar-refractivity contribution in [3.8, 4) is 17.2 Å². The molecule has 0 N–H and O–H groups in total. The van der Waals surface area contributed by atoms with Gasteiger partial charge in [-0.2, -0.15) is 5.26 Å². The fourth-order valence-corrected chi connectivity index (χ4v) is 4.61. The molecule has 2 aromatic carbocycles. The average molecular weight is 371 g/mol. The predicted octanol–water partition coefficient (Wildman–Crippen LogP) is 4.23. The maximum absolute atomic E-state index is 10.9. The van der Waals surface area contributed by atoms with Crippen LogP contribution in [0.4, 0.5) is 0 Å². The summed E-state index contributed by atoms with van der Waals surface area (Å²) in [6.07, 6.45) is 3.63. The molecule has 0 aliphatic rings. The summed E-state index contributed by atoms with van der Waals surface area (Å²) in [5.74, 6) is -1.16. The molecule has 0 spiro atoms. The summed E-state index contributed by atoms with van der Waals surface area (Å²) in [4.78, 5) is 16.3. The van der Waals surface area contributed by atoms with Crippen molar-refractivity contribution in [2.24, 2.45) is 0 Å². The minimum Gasteiger partial charge on any atom is -0.550 e. The second-order valence-electron chi connectivity index (χ2n) is 6.55. The van der Waals surface area contributed by atoms with Crippen molar-refractivity contribution in [1.29, 1.82) is 5.26 Å². The van der Waals surface area contributed by atoms with E-state index in [0.717, 1.165) is 36.9 Å². The van der Waals surface area contributed by atoms with Gasteiger partial charge in [-0.3, -0.25) is 4.98 Å². The summed E-state index contributed by atoms with van der Waals surface area (Å²) in [6, 6.07) is 15.9. The zero-order valence-corrected chi connectivity index (χ0v) is 15.4. The number of nitriles is 1. The Balaban J connectivity index is 1.93. The van der Waals surface area contributed by atoms with Crippen molar-refractivity contribution in [1.82, 2.24) is 4.98 Å². The molecule has 4 aromatic rings. The third kappa shape index (κ3) is 3.05. The monoisotopic (exact) mass is 371 g/mol. The van der Waals surface area contributed by atoms with E-state index in [9.17, 15) is 15.2 Å². The summed E-state index contributed by atoms with van der Waals surface area (Å²) in [5.41, 5.74) is 2.65. The standard InChI is InChI=1S/C22H16N2O2S/c1-13(8-21(25)26)20-9-15-11-24-12-19(22(15)27-20)18-7-6-14(10-23)16-4-2-3-5-17(16)18/h2-7,9,11-13H,8H2,1H3,(H,25,26)/p-1. The highest BCUT2D eigenvalue weighted by Crippen LogP contribution is 2.40. The molecule has 0 radical (unpaired) electrons. The molecule has 4 nitrogen and oxygen atoms in total. The van der Waals surface area contributed by atoms with Crippen molar-refractivity contribution in [2.75, 3.05) is 0 Å². The highest BCUT2D eigenvalue weighted by atomic mass is 32.1. The molecule has 0 saturated heterocycles. The van der Waals surface area contributed by atoms with E-state index in [0.29, 0.717) is 5.56 Å². The van der Waals surface area contributed by atoms with E-state index >= 15 is 0 Å². The van der Waals surface area contributed by atoms with Gasteiger partial charge >= 0.3 is 0 Å². The van der Waals surface area contributed by atoms with E-state index in [-0.39, 0.29) is 12.3 Å². The van der Waals surface area contributed by atoms with Gasteiger partial charge in [0.05, 0.1) is 11.6 Å². The van der Waals surface area contributed by atoms with Gasteiger partial charge in [-0.25, -0.2) is 0 Å². The van der Waals surface area contributed by atoms with E-state index < -0.39 is 5.97 Å². The van der Waals surface area contributed by atoms with Gasteiger partial charge in [0.2, 0.25) is 0 Å². The van der Waals surface area contributed by atoms with Crippen LogP contribution >= 0.6 is 11.3 Å². The van der Waals surface area contributed by atoms with E-state index in [1.54, 1.807) is 17.5 Å². The van der Waals surface area contributed by atoms with Crippen LogP contribution in [0.2, 0.25) is 0 Å². The zero-order valence-electron chi connectivity index (χ0n) is 14.6. The van der Waals surface area contributed by atoms with Crippen molar-refractivity contribution in [3.63, 3.8) is 0 Å². The van der Waals surface area contributed by atoms with Crippen LogP contribution in [0.15, 0.2) is 54.9 Å². The van der Waals surface area contributed by atoms with Gasteiger partial charge in [-0.15, -0.1) is 11.3 Å². The lowest BCUT2D eigenvalue weighted by Crippen LogP contribution is -2.23. The number of benzene rings is 2. The number of carbonyl (C=O) groups is 1. The van der Waals surface area contributed by atoms with Gasteiger partial charge in [0, 0.05) is 44.3 Å². The van der Waals surface area contributed by atoms with Gasteiger partial charge in [-0.1, -0.05) is 37.3 Å². The lowest BCUT2D eigenvalue weighted by Gasteiger charge is -2.10. The highest BCUT2D eigenvalue weighted by Gasteiger charge is 2.15. The number of aliphatic carboxylic acids is 1. The minimum atomic E-state index is -1.05. The number of carbonyl (C=O) groups excluding carboxylic acids is 1. The number of rotatable bonds is 4. The molecule has 0 bridgehead atoms. The van der Waals surface area contributed by atoms with Crippen molar-refractivity contribution in [3.05, 3.63) is 65.3 Å². The van der Waals surface area contributed by atoms with E-state index in [1.807, 2.05) is 55.6 Å². The molecule has 1 unspecified atom stereocenters. The molecule has 0 amide bonds. The second-order valence-corrected chi connectivity index (χ2v) is 7.63. The van der Waals surface area contributed by atoms with Gasteiger partial charge in [-0.05, 0) is 35.4 Å². The Morgan fingerprint density at radius 1 is 1.19 bits per heavy atom. The Bertz CT molecular complexity index is 1220. The normalized spacial score (nSPS) is 12.1. The molecular formula is C22H15N2O2S-. The maximum atomic E-state index is 10.9. The largest absolute Gasteiger partial charge is 0.550 e. The predicted molar refractivity (Wildman–Crippen MR) is 105 cm³/mol. The van der Waals surface area contributed by atoms with Gasteiger partial charge in [0.1, 0.15) is 0 Å². The minimum absolute atomic E-state index is 0.00458. The molecule has 5 heteroatoms. The molecule has 2 heterocycles. The number of hydrogen-bond acceptors (Lipinski definition) is 5. The lowest BCUT2D eigenvalue weighted by molar-refractivity contribution is -0.306. The fourth-order valence-electron chi connectivity index (χ4n) is 3.40. The smallest absolute Gasteiger partial charge is 0.0998 e. The molecule has 0 aliphatic carbocycles. The summed E-state index contributed by atoms with van der Waals surface area (Å²) in [5, 5.41) is 23.2. The Morgan fingerprint density at radius 3 is 2.70 bits per heavy atom. The molecule has 27 heavy (non-hydrogen) atoms. The summed E-state index contributed by atoms with van der Waals surface area (Å²) in [7, 11) is 0. The summed E-state index contributed by atoms with van der Waals surface area (Å²) >= 11 is 1.59. The van der Waals surface area contributed by atoms with E-state index in [2.05, 4.69) is 11.1 Å². The van der Waals surface area contributed by atoms with Crippen molar-refractivity contribution in [2.45, 2.75) is 19.3 Å². The van der Waals surface area contributed by atoms with Crippen LogP contribution in [0, 0.1) is 11.3 Å². The van der Waals surface area contributed by atoms with Crippen molar-refractivity contribution >= 4 is 38.2 Å². The number of hydrogen-bond donors (Lipinski definition) is 0. The number of fused-ring (bicyclic) bond motifs is 2. The Labute approximate surface area is 160 Å². The molecule has 4 rings (SSSR count). The van der Waals surface area contributed by atoms with Gasteiger partial charge in [0.15, 0.2) is 0 Å². The van der Waals surface area contributed by atoms with Gasteiger partial charge in [0.25, 0.3) is 0 Å². The Kier molecular flexibility index (Phi) is 4.35. The van der Waals surface area contributed by atoms with Crippen LogP contribution in [-0.4, -0.2) is 11.0 Å². The van der Waals surface area contributed by atoms with Crippen LogP contribution in [0.5, 0.6) is 0 Å². The number of pyridine rings is 1. The number of carboxylic acids is 1. The number of thiophene rings is 1. The van der Waals surface area contributed by atoms with Crippen LogP contribution in [0.1, 0.15) is 29.7 Å². The first kappa shape index (κ1) is 17.2. The molecule has 1 atom stereocenters. The highest BCUT2D eigenvalue weighted by molar-refractivity contribution is 7.19. The van der Waals surface area contributed by atoms with Crippen molar-refractivity contribution < 1.29 is 9.90 Å². The van der Waals surface area contributed by atoms with Crippen LogP contribution in [0.25, 0.3) is 32.0 Å². The SMILES string of the molecule is CC(CC(=O)[O-])c1cc2cncc(-c3ccc(C#N)c4ccccc34)c2s1. The lowest BCUT2D eigenvalue weighted by atomic mass is 9.96. The first-order valence-electron chi connectivity index (χ1n) is 8.58. The molecule has 132 valence electrons. The Morgan fingerprint density at radius 2 is 1.96 bits per heavy atom. The molecule has 0 saturated carbocycles. The summed E-state index contributed by atoms with van der Waals surface area (Å²) < 4.78 is 1.07. The molecular weight excluding hydrogens is 356 g/mol. The third-order valence-electron chi connectivity index (χ3n) is 4.73. The topological polar surface area (TPSA) is 76.8 Å². The van der Waals surface area contributed by atoms with E-state index in [1.165, 1.54) is 0 Å². The third-order valence-corrected chi connectivity index (χ3v) is 6.15. The maximum Gasteiger partial charge on any atom is 0.0998 e. The van der Waals surface area contributed by atoms with Crippen LogP contribution < -0.4 is 5.11 Å². The number of aromatic nitrogens is 1. The van der Waals surface area contributed by atoms with E-state index in [4.69, 9.17) is 0 Å². The molecule has 0 fully saturated rings. The molecule has 0 aliphatic heterocycles. The number of carboxylic acid groups (broad SMARTS) is 1. The Hall–Kier alpha value is -3.23. The van der Waals surface area contributed by atoms with Gasteiger partial charge < -0.3 is 9.90 Å².